The molecule has 9 heteroatoms. The van der Waals surface area contributed by atoms with E-state index in [1.165, 1.54) is 0 Å². The molecular formula is C28H22Cl3N3O3. The van der Waals surface area contributed by atoms with Crippen molar-refractivity contribution in [3.05, 3.63) is 105 Å². The van der Waals surface area contributed by atoms with Gasteiger partial charge in [-0.15, -0.1) is 0 Å². The van der Waals surface area contributed by atoms with Crippen LogP contribution in [0.25, 0.3) is 11.3 Å². The van der Waals surface area contributed by atoms with E-state index in [0.717, 1.165) is 5.69 Å². The van der Waals surface area contributed by atoms with Crippen LogP contribution in [0.2, 0.25) is 15.1 Å². The lowest BCUT2D eigenvalue weighted by Crippen LogP contribution is -2.48. The molecule has 1 aliphatic rings. The Bertz CT molecular complexity index is 1430. The molecule has 4 aromatic rings. The van der Waals surface area contributed by atoms with Gasteiger partial charge >= 0.3 is 0 Å². The molecular weight excluding hydrogens is 533 g/mol. The molecule has 0 bridgehead atoms. The molecule has 1 fully saturated rings. The highest BCUT2D eigenvalue weighted by molar-refractivity contribution is 6.35. The molecule has 3 aromatic carbocycles. The standard InChI is InChI=1S/C28H22Cl3N3O3/c29-19-3-1-18(2-4-19)28(36)34-15-13-33(14-16-34)22-8-6-21(7-9-22)32-27(35)26-12-11-25(37-26)23-17-20(30)5-10-24(23)31/h1-12,17H,13-16H2,(H,32,35). The molecule has 1 aromatic heterocycles. The Morgan fingerprint density at radius 2 is 1.43 bits per heavy atom. The summed E-state index contributed by atoms with van der Waals surface area (Å²) in [4.78, 5) is 29.5. The fourth-order valence-corrected chi connectivity index (χ4v) is 4.69. The Hall–Kier alpha value is -3.45. The maximum atomic E-state index is 12.7. The van der Waals surface area contributed by atoms with Gasteiger partial charge in [-0.25, -0.2) is 0 Å². The summed E-state index contributed by atoms with van der Waals surface area (Å²) in [5, 5.41) is 4.47. The molecule has 0 aliphatic carbocycles. The molecule has 37 heavy (non-hydrogen) atoms. The van der Waals surface area contributed by atoms with Gasteiger partial charge in [0.1, 0.15) is 5.76 Å². The predicted molar refractivity (Wildman–Crippen MR) is 148 cm³/mol. The van der Waals surface area contributed by atoms with Gasteiger partial charge in [-0.3, -0.25) is 9.59 Å². The van der Waals surface area contributed by atoms with Crippen LogP contribution in [0, 0.1) is 0 Å². The van der Waals surface area contributed by atoms with E-state index in [1.54, 1.807) is 54.6 Å². The number of halogens is 3. The van der Waals surface area contributed by atoms with Crippen LogP contribution in [0.3, 0.4) is 0 Å². The number of anilines is 2. The average molecular weight is 555 g/mol. The predicted octanol–water partition coefficient (Wildman–Crippen LogP) is 7.12. The minimum Gasteiger partial charge on any atom is -0.451 e. The maximum Gasteiger partial charge on any atom is 0.291 e. The second-order valence-electron chi connectivity index (χ2n) is 8.58. The zero-order chi connectivity index (χ0) is 25.9. The van der Waals surface area contributed by atoms with Crippen molar-refractivity contribution < 1.29 is 14.0 Å². The van der Waals surface area contributed by atoms with Gasteiger partial charge in [0, 0.05) is 58.7 Å². The van der Waals surface area contributed by atoms with Crippen molar-refractivity contribution in [3.8, 4) is 11.3 Å². The summed E-state index contributed by atoms with van der Waals surface area (Å²) in [6.45, 7) is 2.67. The fraction of sp³-hybridized carbons (Fsp3) is 0.143. The van der Waals surface area contributed by atoms with Gasteiger partial charge in [0.25, 0.3) is 11.8 Å². The molecule has 6 nitrogen and oxygen atoms in total. The molecule has 0 unspecified atom stereocenters. The van der Waals surface area contributed by atoms with Crippen molar-refractivity contribution in [2.24, 2.45) is 0 Å². The minimum absolute atomic E-state index is 0.00749. The molecule has 188 valence electrons. The van der Waals surface area contributed by atoms with E-state index in [4.69, 9.17) is 39.2 Å². The zero-order valence-corrected chi connectivity index (χ0v) is 21.9. The van der Waals surface area contributed by atoms with Crippen LogP contribution in [-0.2, 0) is 0 Å². The number of hydrogen-bond acceptors (Lipinski definition) is 4. The molecule has 2 amide bonds. The topological polar surface area (TPSA) is 65.8 Å². The summed E-state index contributed by atoms with van der Waals surface area (Å²) in [6, 6.07) is 22.9. The third-order valence-electron chi connectivity index (χ3n) is 6.17. The lowest BCUT2D eigenvalue weighted by atomic mass is 10.1. The first-order chi connectivity index (χ1) is 17.9. The Labute approximate surface area is 229 Å². The third kappa shape index (κ3) is 5.77. The van der Waals surface area contributed by atoms with Crippen LogP contribution >= 0.6 is 34.8 Å². The second-order valence-corrected chi connectivity index (χ2v) is 9.86. The largest absolute Gasteiger partial charge is 0.451 e. The van der Waals surface area contributed by atoms with Gasteiger partial charge in [-0.1, -0.05) is 34.8 Å². The minimum atomic E-state index is -0.369. The Balaban J connectivity index is 1.17. The summed E-state index contributed by atoms with van der Waals surface area (Å²) >= 11 is 18.2. The number of carbonyl (C=O) groups excluding carboxylic acids is 2. The van der Waals surface area contributed by atoms with Crippen molar-refractivity contribution >= 4 is 58.0 Å². The maximum absolute atomic E-state index is 12.7. The van der Waals surface area contributed by atoms with Gasteiger partial charge in [-0.2, -0.15) is 0 Å². The Kier molecular flexibility index (Phi) is 7.42. The van der Waals surface area contributed by atoms with Crippen molar-refractivity contribution in [1.29, 1.82) is 0 Å². The van der Waals surface area contributed by atoms with E-state index in [1.807, 2.05) is 29.2 Å². The highest BCUT2D eigenvalue weighted by Crippen LogP contribution is 2.32. The molecule has 0 spiro atoms. The number of furan rings is 1. The first kappa shape index (κ1) is 25.2. The van der Waals surface area contributed by atoms with Crippen LogP contribution in [-0.4, -0.2) is 42.9 Å². The van der Waals surface area contributed by atoms with Crippen LogP contribution < -0.4 is 10.2 Å². The average Bonchev–Trinajstić information content (AvgIpc) is 3.41. The van der Waals surface area contributed by atoms with Crippen molar-refractivity contribution in [3.63, 3.8) is 0 Å². The molecule has 1 aliphatic heterocycles. The van der Waals surface area contributed by atoms with E-state index >= 15 is 0 Å². The molecule has 0 radical (unpaired) electrons. The van der Waals surface area contributed by atoms with Crippen molar-refractivity contribution in [2.45, 2.75) is 0 Å². The van der Waals surface area contributed by atoms with Crippen LogP contribution in [0.1, 0.15) is 20.9 Å². The fourth-order valence-electron chi connectivity index (χ4n) is 4.18. The number of nitrogens with one attached hydrogen (secondary N) is 1. The number of amides is 2. The van der Waals surface area contributed by atoms with E-state index in [0.29, 0.717) is 63.8 Å². The number of piperazine rings is 1. The number of rotatable bonds is 5. The van der Waals surface area contributed by atoms with E-state index in [-0.39, 0.29) is 17.6 Å². The normalized spacial score (nSPS) is 13.5. The van der Waals surface area contributed by atoms with E-state index < -0.39 is 0 Å². The summed E-state index contributed by atoms with van der Waals surface area (Å²) in [5.74, 6) is 0.262. The molecule has 0 saturated carbocycles. The summed E-state index contributed by atoms with van der Waals surface area (Å²) in [5.41, 5.74) is 2.92. The number of hydrogen-bond donors (Lipinski definition) is 1. The van der Waals surface area contributed by atoms with Gasteiger partial charge in [0.05, 0.1) is 5.02 Å². The van der Waals surface area contributed by atoms with Gasteiger partial charge in [0.2, 0.25) is 0 Å². The Morgan fingerprint density at radius 3 is 2.14 bits per heavy atom. The first-order valence-corrected chi connectivity index (χ1v) is 12.8. The quantitative estimate of drug-likeness (QED) is 0.285. The first-order valence-electron chi connectivity index (χ1n) is 11.6. The lowest BCUT2D eigenvalue weighted by Gasteiger charge is -2.36. The number of carbonyl (C=O) groups is 2. The number of nitrogens with zero attached hydrogens (tertiary/aromatic N) is 2. The number of benzene rings is 3. The zero-order valence-electron chi connectivity index (χ0n) is 19.6. The lowest BCUT2D eigenvalue weighted by molar-refractivity contribution is 0.0746. The second kappa shape index (κ2) is 10.9. The molecule has 1 N–H and O–H groups in total. The van der Waals surface area contributed by atoms with Crippen molar-refractivity contribution in [2.75, 3.05) is 36.4 Å². The van der Waals surface area contributed by atoms with E-state index in [2.05, 4.69) is 10.2 Å². The van der Waals surface area contributed by atoms with Gasteiger partial charge < -0.3 is 19.5 Å². The van der Waals surface area contributed by atoms with Crippen molar-refractivity contribution in [1.82, 2.24) is 4.90 Å². The van der Waals surface area contributed by atoms with Gasteiger partial charge in [0.15, 0.2) is 5.76 Å². The molecule has 5 rings (SSSR count). The Morgan fingerprint density at radius 1 is 0.757 bits per heavy atom. The third-order valence-corrected chi connectivity index (χ3v) is 6.99. The highest BCUT2D eigenvalue weighted by Gasteiger charge is 2.22. The highest BCUT2D eigenvalue weighted by atomic mass is 35.5. The SMILES string of the molecule is O=C(Nc1ccc(N2CCN(C(=O)c3ccc(Cl)cc3)CC2)cc1)c1ccc(-c2cc(Cl)ccc2Cl)o1. The summed E-state index contributed by atoms with van der Waals surface area (Å²) in [7, 11) is 0. The van der Waals surface area contributed by atoms with E-state index in [9.17, 15) is 9.59 Å². The van der Waals surface area contributed by atoms with Crippen LogP contribution in [0.15, 0.2) is 83.3 Å². The summed E-state index contributed by atoms with van der Waals surface area (Å²) in [6.07, 6.45) is 0. The van der Waals surface area contributed by atoms with Crippen LogP contribution in [0.5, 0.6) is 0 Å². The molecule has 0 atom stereocenters. The molecule has 2 heterocycles. The molecule has 1 saturated heterocycles. The summed E-state index contributed by atoms with van der Waals surface area (Å²) < 4.78 is 5.72. The van der Waals surface area contributed by atoms with Crippen LogP contribution in [0.4, 0.5) is 11.4 Å². The smallest absolute Gasteiger partial charge is 0.291 e. The monoisotopic (exact) mass is 553 g/mol. The van der Waals surface area contributed by atoms with Gasteiger partial charge in [-0.05, 0) is 78.9 Å².